The van der Waals surface area contributed by atoms with Gasteiger partial charge in [0.15, 0.2) is 6.61 Å². The number of nitrogens with zero attached hydrogens (tertiary/aromatic N) is 1. The average molecular weight is 344 g/mol. The van der Waals surface area contributed by atoms with E-state index in [9.17, 15) is 14.9 Å². The van der Waals surface area contributed by atoms with Crippen molar-refractivity contribution < 1.29 is 19.2 Å². The molecule has 0 fully saturated rings. The number of anilines is 1. The van der Waals surface area contributed by atoms with E-state index in [1.165, 1.54) is 30.9 Å². The molecule has 7 heteroatoms. The van der Waals surface area contributed by atoms with E-state index in [4.69, 9.17) is 9.47 Å². The SMILES string of the molecule is COc1cc(OCC(=O)Nc2ccc(C(C)C)cc2)ccc1[N+](=O)[O-]. The number of nitro groups is 1. The Bertz CT molecular complexity index is 757. The molecule has 0 aromatic heterocycles. The number of carbonyl (C=O) groups is 1. The minimum absolute atomic E-state index is 0.0761. The third-order valence-electron chi connectivity index (χ3n) is 3.58. The molecule has 25 heavy (non-hydrogen) atoms. The number of ether oxygens (including phenoxy) is 2. The van der Waals surface area contributed by atoms with Gasteiger partial charge in [-0.25, -0.2) is 0 Å². The highest BCUT2D eigenvalue weighted by Crippen LogP contribution is 2.30. The summed E-state index contributed by atoms with van der Waals surface area (Å²) in [6.07, 6.45) is 0. The highest BCUT2D eigenvalue weighted by molar-refractivity contribution is 5.91. The topological polar surface area (TPSA) is 90.7 Å². The van der Waals surface area contributed by atoms with Gasteiger partial charge in [-0.3, -0.25) is 14.9 Å². The maximum absolute atomic E-state index is 12.0. The normalized spacial score (nSPS) is 10.4. The fraction of sp³-hybridized carbons (Fsp3) is 0.278. The van der Waals surface area contributed by atoms with Crippen molar-refractivity contribution in [2.75, 3.05) is 19.0 Å². The van der Waals surface area contributed by atoms with Crippen LogP contribution < -0.4 is 14.8 Å². The molecule has 2 aromatic rings. The zero-order valence-electron chi connectivity index (χ0n) is 14.3. The van der Waals surface area contributed by atoms with Crippen LogP contribution in [0.25, 0.3) is 0 Å². The van der Waals surface area contributed by atoms with Crippen molar-refractivity contribution in [3.05, 3.63) is 58.1 Å². The molecule has 0 saturated heterocycles. The van der Waals surface area contributed by atoms with Gasteiger partial charge in [-0.1, -0.05) is 26.0 Å². The monoisotopic (exact) mass is 344 g/mol. The lowest BCUT2D eigenvalue weighted by molar-refractivity contribution is -0.385. The number of benzene rings is 2. The third-order valence-corrected chi connectivity index (χ3v) is 3.58. The molecule has 0 bridgehead atoms. The summed E-state index contributed by atoms with van der Waals surface area (Å²) in [7, 11) is 1.33. The van der Waals surface area contributed by atoms with E-state index in [-0.39, 0.29) is 24.0 Å². The molecule has 0 atom stereocenters. The molecule has 1 amide bonds. The number of hydrogen-bond acceptors (Lipinski definition) is 5. The number of nitro benzene ring substituents is 1. The molecule has 0 aliphatic rings. The Kier molecular flexibility index (Phi) is 5.94. The van der Waals surface area contributed by atoms with Gasteiger partial charge in [-0.05, 0) is 29.7 Å². The zero-order valence-corrected chi connectivity index (χ0v) is 14.3. The molecule has 2 rings (SSSR count). The molecule has 2 aromatic carbocycles. The molecule has 0 aliphatic heterocycles. The van der Waals surface area contributed by atoms with Gasteiger partial charge in [0.2, 0.25) is 5.75 Å². The zero-order chi connectivity index (χ0) is 18.4. The fourth-order valence-corrected chi connectivity index (χ4v) is 2.20. The Morgan fingerprint density at radius 3 is 2.44 bits per heavy atom. The molecular weight excluding hydrogens is 324 g/mol. The number of hydrogen-bond donors (Lipinski definition) is 1. The van der Waals surface area contributed by atoms with E-state index in [1.807, 2.05) is 24.3 Å². The van der Waals surface area contributed by atoms with E-state index in [2.05, 4.69) is 19.2 Å². The van der Waals surface area contributed by atoms with Crippen molar-refractivity contribution in [3.63, 3.8) is 0 Å². The van der Waals surface area contributed by atoms with E-state index in [0.717, 1.165) is 0 Å². The second-order valence-corrected chi connectivity index (χ2v) is 5.70. The molecule has 0 heterocycles. The van der Waals surface area contributed by atoms with Gasteiger partial charge in [0.25, 0.3) is 5.91 Å². The molecule has 0 unspecified atom stereocenters. The van der Waals surface area contributed by atoms with Crippen LogP contribution in [0, 0.1) is 10.1 Å². The lowest BCUT2D eigenvalue weighted by Gasteiger charge is -2.10. The highest BCUT2D eigenvalue weighted by atomic mass is 16.6. The van der Waals surface area contributed by atoms with Crippen LogP contribution in [0.5, 0.6) is 11.5 Å². The number of carbonyl (C=O) groups excluding carboxylic acids is 1. The highest BCUT2D eigenvalue weighted by Gasteiger charge is 2.15. The second kappa shape index (κ2) is 8.14. The molecule has 132 valence electrons. The predicted molar refractivity (Wildman–Crippen MR) is 94.3 cm³/mol. The lowest BCUT2D eigenvalue weighted by Crippen LogP contribution is -2.20. The molecule has 0 radical (unpaired) electrons. The molecule has 0 saturated carbocycles. The summed E-state index contributed by atoms with van der Waals surface area (Å²) < 4.78 is 10.3. The van der Waals surface area contributed by atoms with Gasteiger partial charge in [-0.2, -0.15) is 0 Å². The van der Waals surface area contributed by atoms with Crippen LogP contribution in [0.4, 0.5) is 11.4 Å². The first-order valence-electron chi connectivity index (χ1n) is 7.75. The van der Waals surface area contributed by atoms with Gasteiger partial charge in [-0.15, -0.1) is 0 Å². The standard InChI is InChI=1S/C18H20N2O5/c1-12(2)13-4-6-14(7-5-13)19-18(21)11-25-15-8-9-16(20(22)23)17(10-15)24-3/h4-10,12H,11H2,1-3H3,(H,19,21). The van der Waals surface area contributed by atoms with Gasteiger partial charge in [0.1, 0.15) is 5.75 Å². The van der Waals surface area contributed by atoms with Crippen molar-refractivity contribution >= 4 is 17.3 Å². The van der Waals surface area contributed by atoms with Crippen molar-refractivity contribution in [3.8, 4) is 11.5 Å². The van der Waals surface area contributed by atoms with Crippen molar-refractivity contribution in [1.29, 1.82) is 0 Å². The van der Waals surface area contributed by atoms with Crippen LogP contribution in [0.15, 0.2) is 42.5 Å². The van der Waals surface area contributed by atoms with Crippen molar-refractivity contribution in [2.45, 2.75) is 19.8 Å². The quantitative estimate of drug-likeness (QED) is 0.610. The lowest BCUT2D eigenvalue weighted by atomic mass is 10.0. The summed E-state index contributed by atoms with van der Waals surface area (Å²) >= 11 is 0. The Morgan fingerprint density at radius 2 is 1.88 bits per heavy atom. The minimum Gasteiger partial charge on any atom is -0.490 e. The second-order valence-electron chi connectivity index (χ2n) is 5.70. The average Bonchev–Trinajstić information content (AvgIpc) is 2.60. The first-order valence-corrected chi connectivity index (χ1v) is 7.75. The summed E-state index contributed by atoms with van der Waals surface area (Å²) in [5, 5.41) is 13.6. The summed E-state index contributed by atoms with van der Waals surface area (Å²) in [5.74, 6) is 0.486. The first-order chi connectivity index (χ1) is 11.9. The smallest absolute Gasteiger partial charge is 0.311 e. The maximum atomic E-state index is 12.0. The molecule has 0 spiro atoms. The largest absolute Gasteiger partial charge is 0.490 e. The van der Waals surface area contributed by atoms with Crippen LogP contribution in [-0.4, -0.2) is 24.5 Å². The van der Waals surface area contributed by atoms with Crippen molar-refractivity contribution in [1.82, 2.24) is 0 Å². The Balaban J connectivity index is 1.94. The Labute approximate surface area is 145 Å². The summed E-state index contributed by atoms with van der Waals surface area (Å²) in [6.45, 7) is 3.98. The van der Waals surface area contributed by atoms with E-state index < -0.39 is 4.92 Å². The number of nitrogens with one attached hydrogen (secondary N) is 1. The van der Waals surface area contributed by atoms with Gasteiger partial charge in [0.05, 0.1) is 12.0 Å². The van der Waals surface area contributed by atoms with Crippen LogP contribution in [0.1, 0.15) is 25.3 Å². The van der Waals surface area contributed by atoms with Crippen molar-refractivity contribution in [2.24, 2.45) is 0 Å². The third kappa shape index (κ3) is 4.94. The summed E-state index contributed by atoms with van der Waals surface area (Å²) in [5.41, 5.74) is 1.70. The summed E-state index contributed by atoms with van der Waals surface area (Å²) in [4.78, 5) is 22.3. The van der Waals surface area contributed by atoms with E-state index >= 15 is 0 Å². The van der Waals surface area contributed by atoms with Crippen LogP contribution in [0.3, 0.4) is 0 Å². The van der Waals surface area contributed by atoms with Gasteiger partial charge < -0.3 is 14.8 Å². The van der Waals surface area contributed by atoms with E-state index in [0.29, 0.717) is 17.4 Å². The fourth-order valence-electron chi connectivity index (χ4n) is 2.20. The number of amides is 1. The summed E-state index contributed by atoms with van der Waals surface area (Å²) in [6, 6.07) is 11.7. The van der Waals surface area contributed by atoms with Gasteiger partial charge >= 0.3 is 5.69 Å². The Hall–Kier alpha value is -3.09. The number of methoxy groups -OCH3 is 1. The van der Waals surface area contributed by atoms with Crippen LogP contribution >= 0.6 is 0 Å². The first kappa shape index (κ1) is 18.3. The Morgan fingerprint density at radius 1 is 1.20 bits per heavy atom. The van der Waals surface area contributed by atoms with Crippen LogP contribution in [-0.2, 0) is 4.79 Å². The molecule has 1 N–H and O–H groups in total. The molecular formula is C18H20N2O5. The van der Waals surface area contributed by atoms with E-state index in [1.54, 1.807) is 0 Å². The van der Waals surface area contributed by atoms with Crippen LogP contribution in [0.2, 0.25) is 0 Å². The molecule has 0 aliphatic carbocycles. The number of rotatable bonds is 7. The molecule has 7 nitrogen and oxygen atoms in total. The maximum Gasteiger partial charge on any atom is 0.311 e. The minimum atomic E-state index is -0.545. The van der Waals surface area contributed by atoms with Gasteiger partial charge in [0, 0.05) is 17.8 Å². The predicted octanol–water partition coefficient (Wildman–Crippen LogP) is 3.74.